The van der Waals surface area contributed by atoms with Crippen LogP contribution < -0.4 is 0 Å². The molecule has 6 heteroatoms. The van der Waals surface area contributed by atoms with Crippen molar-refractivity contribution in [2.75, 3.05) is 0 Å². The minimum Gasteiger partial charge on any atom is -0.280 e. The topological polar surface area (TPSA) is 65.8 Å². The molecule has 0 radical (unpaired) electrons. The molecule has 0 spiro atoms. The lowest BCUT2D eigenvalue weighted by Crippen LogP contribution is -2.02. The minimum absolute atomic E-state index is 0.521. The van der Waals surface area contributed by atoms with Crippen LogP contribution >= 0.6 is 23.2 Å². The van der Waals surface area contributed by atoms with Gasteiger partial charge in [0.25, 0.3) is 0 Å². The van der Waals surface area contributed by atoms with E-state index in [4.69, 9.17) is 28.7 Å². The highest BCUT2D eigenvalue weighted by Crippen LogP contribution is 2.22. The van der Waals surface area contributed by atoms with Crippen molar-refractivity contribution in [2.45, 2.75) is 6.04 Å². The van der Waals surface area contributed by atoms with E-state index in [1.165, 1.54) is 0 Å². The number of halogens is 2. The molecule has 4 nitrogen and oxygen atoms in total. The van der Waals surface area contributed by atoms with Crippen LogP contribution in [0.3, 0.4) is 0 Å². The number of carbonyl (C=O) groups excluding carboxylic acids is 1. The summed E-state index contributed by atoms with van der Waals surface area (Å²) < 4.78 is 0. The highest BCUT2D eigenvalue weighted by atomic mass is 35.5. The molecule has 0 N–H and O–H groups in total. The van der Waals surface area contributed by atoms with Crippen LogP contribution in [0.4, 0.5) is 0 Å². The minimum atomic E-state index is -0.987. The maximum atomic E-state index is 10.9. The van der Waals surface area contributed by atoms with Crippen LogP contribution in [0.25, 0.3) is 10.4 Å². The summed E-state index contributed by atoms with van der Waals surface area (Å²) >= 11 is 10.9. The maximum absolute atomic E-state index is 10.9. The van der Waals surface area contributed by atoms with Crippen LogP contribution in [0.1, 0.15) is 11.6 Å². The highest BCUT2D eigenvalue weighted by molar-refractivity contribution is 6.64. The van der Waals surface area contributed by atoms with E-state index in [0.717, 1.165) is 0 Å². The fourth-order valence-electron chi connectivity index (χ4n) is 0.940. The smallest absolute Gasteiger partial charge is 0.235 e. The van der Waals surface area contributed by atoms with Gasteiger partial charge in [-0.1, -0.05) is 28.8 Å². The Morgan fingerprint density at radius 3 is 2.43 bits per heavy atom. The number of benzene rings is 1. The van der Waals surface area contributed by atoms with E-state index in [0.29, 0.717) is 10.6 Å². The van der Waals surface area contributed by atoms with Gasteiger partial charge < -0.3 is 0 Å². The zero-order chi connectivity index (χ0) is 10.6. The van der Waals surface area contributed by atoms with Gasteiger partial charge in [0, 0.05) is 9.93 Å². The van der Waals surface area contributed by atoms with Crippen molar-refractivity contribution >= 4 is 28.4 Å². The van der Waals surface area contributed by atoms with Crippen LogP contribution in [-0.4, -0.2) is 5.24 Å². The number of carbonyl (C=O) groups is 1. The van der Waals surface area contributed by atoms with Gasteiger partial charge in [0.2, 0.25) is 5.24 Å². The van der Waals surface area contributed by atoms with E-state index in [2.05, 4.69) is 10.0 Å². The summed E-state index contributed by atoms with van der Waals surface area (Å²) in [5, 5.41) is 3.10. The molecular formula is C8H5Cl2N3O. The average Bonchev–Trinajstić information content (AvgIpc) is 2.15. The maximum Gasteiger partial charge on any atom is 0.235 e. The molecule has 0 fully saturated rings. The molecule has 1 aromatic carbocycles. The molecule has 0 saturated heterocycles. The summed E-state index contributed by atoms with van der Waals surface area (Å²) in [6.45, 7) is 0. The fourth-order valence-corrected chi connectivity index (χ4v) is 1.24. The molecule has 0 heterocycles. The molecule has 72 valence electrons. The summed E-state index contributed by atoms with van der Waals surface area (Å²) in [6.07, 6.45) is 0. The monoisotopic (exact) mass is 229 g/mol. The van der Waals surface area contributed by atoms with Crippen molar-refractivity contribution in [1.29, 1.82) is 0 Å². The van der Waals surface area contributed by atoms with Gasteiger partial charge in [-0.15, -0.1) is 0 Å². The normalized spacial score (nSPS) is 11.6. The second kappa shape index (κ2) is 4.86. The number of nitrogens with zero attached hydrogens (tertiary/aromatic N) is 3. The van der Waals surface area contributed by atoms with Crippen molar-refractivity contribution in [3.63, 3.8) is 0 Å². The van der Waals surface area contributed by atoms with E-state index in [1.54, 1.807) is 24.3 Å². The largest absolute Gasteiger partial charge is 0.280 e. The predicted molar refractivity (Wildman–Crippen MR) is 54.2 cm³/mol. The van der Waals surface area contributed by atoms with Crippen molar-refractivity contribution in [2.24, 2.45) is 5.11 Å². The van der Waals surface area contributed by atoms with E-state index in [-0.39, 0.29) is 0 Å². The number of hydrogen-bond donors (Lipinski definition) is 0. The lowest BCUT2D eigenvalue weighted by atomic mass is 10.1. The Labute approximate surface area is 90.1 Å². The summed E-state index contributed by atoms with van der Waals surface area (Å²) in [5.74, 6) is 0. The van der Waals surface area contributed by atoms with Gasteiger partial charge in [-0.05, 0) is 34.8 Å². The van der Waals surface area contributed by atoms with Crippen LogP contribution in [0.5, 0.6) is 0 Å². The summed E-state index contributed by atoms with van der Waals surface area (Å²) in [4.78, 5) is 13.4. The highest BCUT2D eigenvalue weighted by Gasteiger charge is 2.16. The lowest BCUT2D eigenvalue weighted by Gasteiger charge is -2.05. The molecule has 0 amide bonds. The molecule has 0 saturated carbocycles. The molecule has 0 aromatic heterocycles. The molecule has 1 rings (SSSR count). The van der Waals surface area contributed by atoms with Crippen molar-refractivity contribution < 1.29 is 4.79 Å². The molecule has 1 aromatic rings. The van der Waals surface area contributed by atoms with Gasteiger partial charge in [0.15, 0.2) is 0 Å². The lowest BCUT2D eigenvalue weighted by molar-refractivity contribution is -0.112. The van der Waals surface area contributed by atoms with Gasteiger partial charge in [-0.2, -0.15) is 0 Å². The second-order valence-corrected chi connectivity index (χ2v) is 3.27. The van der Waals surface area contributed by atoms with Gasteiger partial charge in [-0.3, -0.25) is 4.79 Å². The van der Waals surface area contributed by atoms with Crippen molar-refractivity contribution in [1.82, 2.24) is 0 Å². The fraction of sp³-hybridized carbons (Fsp3) is 0.125. The third-order valence-electron chi connectivity index (χ3n) is 1.57. The molecule has 1 unspecified atom stereocenters. The molecule has 0 aliphatic heterocycles. The standard InChI is InChI=1S/C8H5Cl2N3O/c9-6-3-1-5(2-4-6)7(8(10)14)12-13-11/h1-4,7H. The number of azide groups is 1. The molecular weight excluding hydrogens is 225 g/mol. The molecule has 14 heavy (non-hydrogen) atoms. The summed E-state index contributed by atoms with van der Waals surface area (Å²) in [7, 11) is 0. The Hall–Kier alpha value is -1.22. The van der Waals surface area contributed by atoms with E-state index in [9.17, 15) is 4.79 Å². The first-order valence-corrected chi connectivity index (χ1v) is 4.39. The quantitative estimate of drug-likeness (QED) is 0.339. The first-order valence-electron chi connectivity index (χ1n) is 3.64. The zero-order valence-corrected chi connectivity index (χ0v) is 8.40. The van der Waals surface area contributed by atoms with Crippen molar-refractivity contribution in [3.8, 4) is 0 Å². The Bertz CT molecular complexity index is 382. The SMILES string of the molecule is [N-]=[N+]=NC(C(=O)Cl)c1ccc(Cl)cc1. The third-order valence-corrected chi connectivity index (χ3v) is 2.03. The van der Waals surface area contributed by atoms with E-state index in [1.807, 2.05) is 0 Å². The van der Waals surface area contributed by atoms with Gasteiger partial charge in [0.05, 0.1) is 0 Å². The Morgan fingerprint density at radius 2 is 2.00 bits per heavy atom. The second-order valence-electron chi connectivity index (χ2n) is 2.46. The Balaban J connectivity index is 3.05. The van der Waals surface area contributed by atoms with Crippen LogP contribution in [0.15, 0.2) is 29.4 Å². The first-order chi connectivity index (χ1) is 6.65. The van der Waals surface area contributed by atoms with Crippen LogP contribution in [0, 0.1) is 0 Å². The van der Waals surface area contributed by atoms with Crippen molar-refractivity contribution in [3.05, 3.63) is 45.3 Å². The zero-order valence-electron chi connectivity index (χ0n) is 6.89. The summed E-state index contributed by atoms with van der Waals surface area (Å²) in [6, 6.07) is 5.37. The third kappa shape index (κ3) is 2.64. The first kappa shape index (κ1) is 10.9. The molecule has 0 aliphatic rings. The molecule has 1 atom stereocenters. The predicted octanol–water partition coefficient (Wildman–Crippen LogP) is 3.46. The van der Waals surface area contributed by atoms with E-state index < -0.39 is 11.3 Å². The van der Waals surface area contributed by atoms with Gasteiger partial charge >= 0.3 is 0 Å². The molecule has 0 aliphatic carbocycles. The van der Waals surface area contributed by atoms with E-state index >= 15 is 0 Å². The van der Waals surface area contributed by atoms with Gasteiger partial charge in [0.1, 0.15) is 6.04 Å². The Kier molecular flexibility index (Phi) is 3.77. The van der Waals surface area contributed by atoms with Crippen LogP contribution in [0.2, 0.25) is 5.02 Å². The molecule has 0 bridgehead atoms. The number of rotatable bonds is 3. The van der Waals surface area contributed by atoms with Crippen LogP contribution in [-0.2, 0) is 4.79 Å². The Morgan fingerprint density at radius 1 is 1.43 bits per heavy atom. The number of hydrogen-bond acceptors (Lipinski definition) is 2. The van der Waals surface area contributed by atoms with Gasteiger partial charge in [-0.25, -0.2) is 0 Å². The summed E-state index contributed by atoms with van der Waals surface area (Å²) in [5.41, 5.74) is 8.74. The average molecular weight is 230 g/mol.